The number of hydrogen-bond donors (Lipinski definition) is 2. The van der Waals surface area contributed by atoms with Crippen molar-refractivity contribution in [3.63, 3.8) is 0 Å². The second-order valence-corrected chi connectivity index (χ2v) is 5.42. The highest BCUT2D eigenvalue weighted by Gasteiger charge is 2.33. The molecule has 1 saturated carbocycles. The first-order valence-corrected chi connectivity index (χ1v) is 6.43. The van der Waals surface area contributed by atoms with Crippen LogP contribution in [0.1, 0.15) is 30.6 Å². The first-order chi connectivity index (χ1) is 7.69. The standard InChI is InChI=1S/C10H13ClN4S/c11-8-7(5-12)16-9(14-8)15-10(6-13)3-1-2-4-10/h1-4,6,13H2,(H,14,15). The van der Waals surface area contributed by atoms with Gasteiger partial charge >= 0.3 is 0 Å². The minimum absolute atomic E-state index is 0.0477. The summed E-state index contributed by atoms with van der Waals surface area (Å²) in [4.78, 5) is 4.59. The zero-order chi connectivity index (χ0) is 11.6. The summed E-state index contributed by atoms with van der Waals surface area (Å²) in [7, 11) is 0. The smallest absolute Gasteiger partial charge is 0.185 e. The Hall–Kier alpha value is -0.830. The van der Waals surface area contributed by atoms with Crippen LogP contribution in [0.15, 0.2) is 0 Å². The van der Waals surface area contributed by atoms with Gasteiger partial charge < -0.3 is 11.1 Å². The fourth-order valence-corrected chi connectivity index (χ4v) is 3.15. The number of nitriles is 1. The van der Waals surface area contributed by atoms with Crippen molar-refractivity contribution in [2.24, 2.45) is 5.73 Å². The Kier molecular flexibility index (Phi) is 3.33. The van der Waals surface area contributed by atoms with Gasteiger partial charge in [0.1, 0.15) is 10.9 Å². The summed E-state index contributed by atoms with van der Waals surface area (Å²) < 4.78 is 0. The second kappa shape index (κ2) is 4.58. The van der Waals surface area contributed by atoms with E-state index in [-0.39, 0.29) is 10.7 Å². The number of anilines is 1. The van der Waals surface area contributed by atoms with Crippen molar-refractivity contribution in [3.05, 3.63) is 10.0 Å². The van der Waals surface area contributed by atoms with Gasteiger partial charge in [-0.05, 0) is 12.8 Å². The second-order valence-electron chi connectivity index (χ2n) is 4.07. The van der Waals surface area contributed by atoms with Gasteiger partial charge in [0, 0.05) is 6.54 Å². The van der Waals surface area contributed by atoms with Gasteiger partial charge in [-0.15, -0.1) is 0 Å². The normalized spacial score (nSPS) is 18.3. The van der Waals surface area contributed by atoms with E-state index in [0.717, 1.165) is 12.8 Å². The number of nitrogens with zero attached hydrogens (tertiary/aromatic N) is 2. The molecular weight excluding hydrogens is 244 g/mol. The predicted octanol–water partition coefficient (Wildman–Crippen LogP) is 2.35. The monoisotopic (exact) mass is 256 g/mol. The molecule has 0 spiro atoms. The van der Waals surface area contributed by atoms with Gasteiger partial charge in [-0.1, -0.05) is 35.8 Å². The fourth-order valence-electron chi connectivity index (χ4n) is 2.08. The zero-order valence-corrected chi connectivity index (χ0v) is 10.4. The van der Waals surface area contributed by atoms with Crippen LogP contribution >= 0.6 is 22.9 Å². The van der Waals surface area contributed by atoms with Crippen LogP contribution in [0.25, 0.3) is 0 Å². The van der Waals surface area contributed by atoms with Crippen molar-refractivity contribution in [3.8, 4) is 6.07 Å². The number of nitrogens with two attached hydrogens (primary N) is 1. The maximum atomic E-state index is 8.80. The molecule has 4 nitrogen and oxygen atoms in total. The fraction of sp³-hybridized carbons (Fsp3) is 0.600. The number of thiazole rings is 1. The minimum atomic E-state index is -0.0477. The van der Waals surface area contributed by atoms with Crippen LogP contribution in [-0.4, -0.2) is 17.1 Å². The third kappa shape index (κ3) is 2.14. The quantitative estimate of drug-likeness (QED) is 0.871. The molecule has 2 rings (SSSR count). The van der Waals surface area contributed by atoms with Crippen LogP contribution in [0.5, 0.6) is 0 Å². The number of aromatic nitrogens is 1. The maximum Gasteiger partial charge on any atom is 0.185 e. The third-order valence-corrected chi connectivity index (χ3v) is 4.27. The molecule has 1 heterocycles. The van der Waals surface area contributed by atoms with Crippen molar-refractivity contribution in [1.82, 2.24) is 4.98 Å². The van der Waals surface area contributed by atoms with Crippen LogP contribution in [0.4, 0.5) is 5.13 Å². The van der Waals surface area contributed by atoms with Crippen LogP contribution < -0.4 is 11.1 Å². The summed E-state index contributed by atoms with van der Waals surface area (Å²) in [6.07, 6.45) is 4.49. The van der Waals surface area contributed by atoms with E-state index in [4.69, 9.17) is 22.6 Å². The van der Waals surface area contributed by atoms with E-state index >= 15 is 0 Å². The number of rotatable bonds is 3. The molecule has 16 heavy (non-hydrogen) atoms. The van der Waals surface area contributed by atoms with Gasteiger partial charge in [0.15, 0.2) is 10.3 Å². The molecule has 0 aliphatic heterocycles. The Balaban J connectivity index is 2.16. The maximum absolute atomic E-state index is 8.80. The van der Waals surface area contributed by atoms with Gasteiger partial charge in [-0.2, -0.15) is 5.26 Å². The van der Waals surface area contributed by atoms with Gasteiger partial charge in [-0.3, -0.25) is 0 Å². The molecule has 1 aromatic rings. The molecule has 0 saturated heterocycles. The molecule has 6 heteroatoms. The van der Waals surface area contributed by atoms with E-state index in [1.807, 2.05) is 6.07 Å². The van der Waals surface area contributed by atoms with E-state index in [1.54, 1.807) is 0 Å². The topological polar surface area (TPSA) is 74.7 Å². The summed E-state index contributed by atoms with van der Waals surface area (Å²) in [6.45, 7) is 0.589. The van der Waals surface area contributed by atoms with E-state index in [0.29, 0.717) is 16.6 Å². The third-order valence-electron chi connectivity index (χ3n) is 3.01. The molecule has 0 atom stereocenters. The van der Waals surface area contributed by atoms with Crippen molar-refractivity contribution in [2.45, 2.75) is 31.2 Å². The molecule has 1 aliphatic rings. The van der Waals surface area contributed by atoms with E-state index in [1.165, 1.54) is 24.2 Å². The highest BCUT2D eigenvalue weighted by molar-refractivity contribution is 7.16. The molecule has 1 aromatic heterocycles. The Morgan fingerprint density at radius 1 is 1.56 bits per heavy atom. The molecule has 0 unspecified atom stereocenters. The molecular formula is C10H13ClN4S. The van der Waals surface area contributed by atoms with E-state index in [2.05, 4.69) is 10.3 Å². The molecule has 0 radical (unpaired) electrons. The molecule has 1 fully saturated rings. The lowest BCUT2D eigenvalue weighted by molar-refractivity contribution is 0.493. The minimum Gasteiger partial charge on any atom is -0.355 e. The highest BCUT2D eigenvalue weighted by Crippen LogP contribution is 2.35. The number of halogens is 1. The Morgan fingerprint density at radius 2 is 2.25 bits per heavy atom. The van der Waals surface area contributed by atoms with Gasteiger partial charge in [-0.25, -0.2) is 4.98 Å². The summed E-state index contributed by atoms with van der Waals surface area (Å²) in [5, 5.41) is 13.1. The lowest BCUT2D eigenvalue weighted by Crippen LogP contribution is -2.42. The van der Waals surface area contributed by atoms with E-state index in [9.17, 15) is 0 Å². The Morgan fingerprint density at radius 3 is 2.75 bits per heavy atom. The van der Waals surface area contributed by atoms with Crippen LogP contribution in [0.2, 0.25) is 5.15 Å². The summed E-state index contributed by atoms with van der Waals surface area (Å²) in [6, 6.07) is 2.02. The SMILES string of the molecule is N#Cc1sc(NC2(CN)CCCC2)nc1Cl. The molecule has 86 valence electrons. The molecule has 1 aliphatic carbocycles. The van der Waals surface area contributed by atoms with Crippen LogP contribution in [0.3, 0.4) is 0 Å². The van der Waals surface area contributed by atoms with Crippen molar-refractivity contribution in [2.75, 3.05) is 11.9 Å². The summed E-state index contributed by atoms with van der Waals surface area (Å²) >= 11 is 7.11. The van der Waals surface area contributed by atoms with Gasteiger partial charge in [0.2, 0.25) is 0 Å². The van der Waals surface area contributed by atoms with Crippen LogP contribution in [0, 0.1) is 11.3 Å². The molecule has 0 bridgehead atoms. The predicted molar refractivity (Wildman–Crippen MR) is 65.7 cm³/mol. The van der Waals surface area contributed by atoms with E-state index < -0.39 is 0 Å². The van der Waals surface area contributed by atoms with Crippen molar-refractivity contribution >= 4 is 28.1 Å². The lowest BCUT2D eigenvalue weighted by atomic mass is 9.98. The number of hydrogen-bond acceptors (Lipinski definition) is 5. The molecule has 0 amide bonds. The zero-order valence-electron chi connectivity index (χ0n) is 8.79. The molecule has 3 N–H and O–H groups in total. The molecule has 0 aromatic carbocycles. The largest absolute Gasteiger partial charge is 0.355 e. The van der Waals surface area contributed by atoms with Crippen LogP contribution in [-0.2, 0) is 0 Å². The summed E-state index contributed by atoms with van der Waals surface area (Å²) in [5.74, 6) is 0. The lowest BCUT2D eigenvalue weighted by Gasteiger charge is -2.28. The van der Waals surface area contributed by atoms with Crippen molar-refractivity contribution in [1.29, 1.82) is 5.26 Å². The Bertz CT molecular complexity index is 417. The average Bonchev–Trinajstić information content (AvgIpc) is 2.87. The first kappa shape index (κ1) is 11.6. The van der Waals surface area contributed by atoms with Gasteiger partial charge in [0.05, 0.1) is 5.54 Å². The Labute approximate surface area is 103 Å². The first-order valence-electron chi connectivity index (χ1n) is 5.24. The number of nitrogens with one attached hydrogen (secondary N) is 1. The summed E-state index contributed by atoms with van der Waals surface area (Å²) in [5.41, 5.74) is 5.76. The van der Waals surface area contributed by atoms with Gasteiger partial charge in [0.25, 0.3) is 0 Å². The average molecular weight is 257 g/mol. The highest BCUT2D eigenvalue weighted by atomic mass is 35.5. The van der Waals surface area contributed by atoms with Crippen molar-refractivity contribution < 1.29 is 0 Å².